The second-order valence-corrected chi connectivity index (χ2v) is 4.64. The molecular formula is C11H18N4O3. The van der Waals surface area contributed by atoms with E-state index in [1.807, 2.05) is 13.8 Å². The van der Waals surface area contributed by atoms with Crippen molar-refractivity contribution in [3.8, 4) is 0 Å². The molecule has 1 aromatic rings. The summed E-state index contributed by atoms with van der Waals surface area (Å²) in [5.41, 5.74) is -1.31. The second kappa shape index (κ2) is 5.16. The van der Waals surface area contributed by atoms with Crippen molar-refractivity contribution in [1.29, 1.82) is 0 Å². The summed E-state index contributed by atoms with van der Waals surface area (Å²) in [7, 11) is 0. The van der Waals surface area contributed by atoms with Gasteiger partial charge in [-0.15, -0.1) is 5.10 Å². The Morgan fingerprint density at radius 3 is 2.50 bits per heavy atom. The molecule has 0 spiro atoms. The van der Waals surface area contributed by atoms with Gasteiger partial charge in [0.2, 0.25) is 5.82 Å². The summed E-state index contributed by atoms with van der Waals surface area (Å²) < 4.78 is 0. The van der Waals surface area contributed by atoms with Crippen molar-refractivity contribution >= 4 is 11.9 Å². The first-order chi connectivity index (χ1) is 8.30. The number of hydrogen-bond donors (Lipinski definition) is 3. The van der Waals surface area contributed by atoms with Gasteiger partial charge in [-0.2, -0.15) is 0 Å². The molecule has 0 aromatic carbocycles. The van der Waals surface area contributed by atoms with Gasteiger partial charge in [-0.3, -0.25) is 9.89 Å². The molecule has 1 aromatic heterocycles. The van der Waals surface area contributed by atoms with Crippen LogP contribution in [-0.4, -0.2) is 37.7 Å². The van der Waals surface area contributed by atoms with Crippen molar-refractivity contribution in [1.82, 2.24) is 20.5 Å². The molecule has 0 saturated carbocycles. The number of carbonyl (C=O) groups excluding carboxylic acids is 1. The van der Waals surface area contributed by atoms with Gasteiger partial charge in [0.1, 0.15) is 11.4 Å². The van der Waals surface area contributed by atoms with Crippen molar-refractivity contribution in [2.45, 2.75) is 45.6 Å². The molecule has 0 aliphatic rings. The van der Waals surface area contributed by atoms with Gasteiger partial charge in [-0.1, -0.05) is 20.8 Å². The van der Waals surface area contributed by atoms with E-state index < -0.39 is 17.4 Å². The highest BCUT2D eigenvalue weighted by molar-refractivity contribution is 5.94. The standard InChI is InChI=1S/C11H18N4O3/c1-5-11(4,10(17)18)13-9(16)8-12-7(6(2)3)14-15-8/h6H,5H2,1-4H3,(H,13,16)(H,17,18)(H,12,14,15). The summed E-state index contributed by atoms with van der Waals surface area (Å²) in [6.07, 6.45) is 0.273. The van der Waals surface area contributed by atoms with Crippen LogP contribution in [0.25, 0.3) is 0 Å². The number of aromatic nitrogens is 3. The van der Waals surface area contributed by atoms with Crippen molar-refractivity contribution in [3.05, 3.63) is 11.6 Å². The summed E-state index contributed by atoms with van der Waals surface area (Å²) in [6, 6.07) is 0. The number of aliphatic carboxylic acids is 1. The largest absolute Gasteiger partial charge is 0.480 e. The fourth-order valence-corrected chi connectivity index (χ4v) is 1.23. The maximum atomic E-state index is 11.8. The molecule has 0 aliphatic heterocycles. The number of carbonyl (C=O) groups is 2. The molecule has 1 unspecified atom stereocenters. The number of hydrogen-bond acceptors (Lipinski definition) is 4. The molecule has 0 fully saturated rings. The van der Waals surface area contributed by atoms with Crippen LogP contribution >= 0.6 is 0 Å². The lowest BCUT2D eigenvalue weighted by molar-refractivity contribution is -0.143. The van der Waals surface area contributed by atoms with E-state index in [4.69, 9.17) is 5.11 Å². The van der Waals surface area contributed by atoms with Gasteiger partial charge in [0.05, 0.1) is 0 Å². The summed E-state index contributed by atoms with van der Waals surface area (Å²) in [5.74, 6) is -1.01. The van der Waals surface area contributed by atoms with Crippen molar-refractivity contribution < 1.29 is 14.7 Å². The molecule has 0 bridgehead atoms. The van der Waals surface area contributed by atoms with E-state index >= 15 is 0 Å². The lowest BCUT2D eigenvalue weighted by atomic mass is 9.99. The lowest BCUT2D eigenvalue weighted by Gasteiger charge is -2.23. The van der Waals surface area contributed by atoms with E-state index in [1.165, 1.54) is 6.92 Å². The Kier molecular flexibility index (Phi) is 4.05. The van der Waals surface area contributed by atoms with E-state index in [0.29, 0.717) is 5.82 Å². The Labute approximate surface area is 105 Å². The highest BCUT2D eigenvalue weighted by atomic mass is 16.4. The van der Waals surface area contributed by atoms with E-state index in [0.717, 1.165) is 0 Å². The molecule has 0 aliphatic carbocycles. The minimum Gasteiger partial charge on any atom is -0.480 e. The van der Waals surface area contributed by atoms with Gasteiger partial charge < -0.3 is 10.4 Å². The molecule has 1 heterocycles. The van der Waals surface area contributed by atoms with E-state index in [9.17, 15) is 9.59 Å². The van der Waals surface area contributed by atoms with Crippen molar-refractivity contribution in [2.75, 3.05) is 0 Å². The summed E-state index contributed by atoms with van der Waals surface area (Å²) in [6.45, 7) is 6.96. The molecule has 18 heavy (non-hydrogen) atoms. The number of aromatic amines is 1. The molecular weight excluding hydrogens is 236 g/mol. The minimum atomic E-state index is -1.31. The first kappa shape index (κ1) is 14.1. The van der Waals surface area contributed by atoms with Gasteiger partial charge >= 0.3 is 5.97 Å². The van der Waals surface area contributed by atoms with E-state index in [1.54, 1.807) is 6.92 Å². The summed E-state index contributed by atoms with van der Waals surface area (Å²) in [4.78, 5) is 26.9. The third-order valence-electron chi connectivity index (χ3n) is 2.82. The van der Waals surface area contributed by atoms with Crippen LogP contribution in [0.5, 0.6) is 0 Å². The summed E-state index contributed by atoms with van der Waals surface area (Å²) in [5, 5.41) is 17.9. The predicted molar refractivity (Wildman–Crippen MR) is 64.3 cm³/mol. The maximum absolute atomic E-state index is 11.8. The maximum Gasteiger partial charge on any atom is 0.329 e. The Balaban J connectivity index is 2.84. The first-order valence-electron chi connectivity index (χ1n) is 5.78. The number of carboxylic acid groups (broad SMARTS) is 1. The van der Waals surface area contributed by atoms with E-state index in [-0.39, 0.29) is 18.2 Å². The Morgan fingerprint density at radius 2 is 2.11 bits per heavy atom. The molecule has 7 heteroatoms. The van der Waals surface area contributed by atoms with Gasteiger partial charge in [-0.05, 0) is 13.3 Å². The van der Waals surface area contributed by atoms with Crippen LogP contribution < -0.4 is 5.32 Å². The smallest absolute Gasteiger partial charge is 0.329 e. The van der Waals surface area contributed by atoms with Crippen molar-refractivity contribution in [2.24, 2.45) is 0 Å². The van der Waals surface area contributed by atoms with Gasteiger partial charge in [0.25, 0.3) is 5.91 Å². The zero-order valence-corrected chi connectivity index (χ0v) is 10.9. The predicted octanol–water partition coefficient (Wildman–Crippen LogP) is 0.911. The van der Waals surface area contributed by atoms with Crippen LogP contribution in [0.1, 0.15) is 56.5 Å². The molecule has 1 amide bonds. The minimum absolute atomic E-state index is 0.0420. The number of nitrogens with one attached hydrogen (secondary N) is 2. The van der Waals surface area contributed by atoms with Gasteiger partial charge in [0.15, 0.2) is 0 Å². The fourth-order valence-electron chi connectivity index (χ4n) is 1.23. The zero-order chi connectivity index (χ0) is 13.9. The van der Waals surface area contributed by atoms with Crippen LogP contribution in [0.4, 0.5) is 0 Å². The number of nitrogens with zero attached hydrogens (tertiary/aromatic N) is 2. The Hall–Kier alpha value is -1.92. The van der Waals surface area contributed by atoms with Crippen LogP contribution in [0, 0.1) is 0 Å². The first-order valence-corrected chi connectivity index (χ1v) is 5.78. The van der Waals surface area contributed by atoms with Crippen LogP contribution in [0.2, 0.25) is 0 Å². The highest BCUT2D eigenvalue weighted by Crippen LogP contribution is 2.11. The quantitative estimate of drug-likeness (QED) is 0.723. The number of amides is 1. The van der Waals surface area contributed by atoms with E-state index in [2.05, 4.69) is 20.5 Å². The van der Waals surface area contributed by atoms with Crippen LogP contribution in [-0.2, 0) is 4.79 Å². The SMILES string of the molecule is CCC(C)(NC(=O)c1n[nH]c(C(C)C)n1)C(=O)O. The molecule has 1 atom stereocenters. The number of rotatable bonds is 5. The Morgan fingerprint density at radius 1 is 1.50 bits per heavy atom. The third kappa shape index (κ3) is 2.85. The van der Waals surface area contributed by atoms with Gasteiger partial charge in [0, 0.05) is 5.92 Å². The molecule has 3 N–H and O–H groups in total. The summed E-state index contributed by atoms with van der Waals surface area (Å²) >= 11 is 0. The highest BCUT2D eigenvalue weighted by Gasteiger charge is 2.34. The Bertz CT molecular complexity index is 455. The second-order valence-electron chi connectivity index (χ2n) is 4.64. The fraction of sp³-hybridized carbons (Fsp3) is 0.636. The molecule has 7 nitrogen and oxygen atoms in total. The third-order valence-corrected chi connectivity index (χ3v) is 2.82. The van der Waals surface area contributed by atoms with Gasteiger partial charge in [-0.25, -0.2) is 9.78 Å². The molecule has 0 saturated heterocycles. The average Bonchev–Trinajstić information content (AvgIpc) is 2.77. The molecule has 0 radical (unpaired) electrons. The monoisotopic (exact) mass is 254 g/mol. The van der Waals surface area contributed by atoms with Crippen molar-refractivity contribution in [3.63, 3.8) is 0 Å². The number of H-pyrrole nitrogens is 1. The zero-order valence-electron chi connectivity index (χ0n) is 10.9. The molecule has 1 rings (SSSR count). The average molecular weight is 254 g/mol. The normalized spacial score (nSPS) is 14.3. The number of carboxylic acids is 1. The topological polar surface area (TPSA) is 108 Å². The lowest BCUT2D eigenvalue weighted by Crippen LogP contribution is -2.51. The molecule has 100 valence electrons. The van der Waals surface area contributed by atoms with Crippen LogP contribution in [0.15, 0.2) is 0 Å². The van der Waals surface area contributed by atoms with Crippen LogP contribution in [0.3, 0.4) is 0 Å².